The number of amides is 1. The molecule has 0 fully saturated rings. The lowest BCUT2D eigenvalue weighted by molar-refractivity contribution is 0.0954. The second kappa shape index (κ2) is 7.51. The van der Waals surface area contributed by atoms with Crippen LogP contribution in [0.3, 0.4) is 0 Å². The Morgan fingerprint density at radius 2 is 2.04 bits per heavy atom. The molecule has 0 saturated heterocycles. The van der Waals surface area contributed by atoms with Crippen LogP contribution in [0.1, 0.15) is 21.8 Å². The van der Waals surface area contributed by atoms with E-state index >= 15 is 0 Å². The number of hydrazone groups is 1. The summed E-state index contributed by atoms with van der Waals surface area (Å²) in [5.74, 6) is 0.671. The van der Waals surface area contributed by atoms with Crippen molar-refractivity contribution < 1.29 is 9.21 Å². The number of aryl methyl sites for hydroxylation is 1. The fraction of sp³-hybridized carbons (Fsp3) is 0.0556. The molecule has 0 bridgehead atoms. The summed E-state index contributed by atoms with van der Waals surface area (Å²) in [6, 6.07) is 12.0. The van der Waals surface area contributed by atoms with Crippen LogP contribution in [0.15, 0.2) is 58.2 Å². The van der Waals surface area contributed by atoms with Crippen molar-refractivity contribution in [3.8, 4) is 11.3 Å². The van der Waals surface area contributed by atoms with Crippen molar-refractivity contribution in [2.24, 2.45) is 5.10 Å². The molecule has 0 aliphatic rings. The molecule has 0 aliphatic carbocycles. The maximum atomic E-state index is 11.9. The topological polar surface area (TPSA) is 67.5 Å². The second-order valence-corrected chi connectivity index (χ2v) is 6.06. The monoisotopic (exact) mass is 373 g/mol. The number of pyridine rings is 1. The van der Waals surface area contributed by atoms with Crippen LogP contribution in [0.25, 0.3) is 11.3 Å². The van der Waals surface area contributed by atoms with Crippen LogP contribution in [0.4, 0.5) is 0 Å². The average molecular weight is 374 g/mol. The summed E-state index contributed by atoms with van der Waals surface area (Å²) >= 11 is 12.1. The molecule has 1 aromatic carbocycles. The summed E-state index contributed by atoms with van der Waals surface area (Å²) in [6.07, 6.45) is 2.90. The summed E-state index contributed by atoms with van der Waals surface area (Å²) in [5.41, 5.74) is 4.36. The van der Waals surface area contributed by atoms with Crippen LogP contribution in [0.5, 0.6) is 0 Å². The molecule has 0 radical (unpaired) electrons. The van der Waals surface area contributed by atoms with Gasteiger partial charge in [0.15, 0.2) is 0 Å². The molecule has 1 amide bonds. The van der Waals surface area contributed by atoms with E-state index in [1.54, 1.807) is 42.5 Å². The molecule has 0 unspecified atom stereocenters. The van der Waals surface area contributed by atoms with Gasteiger partial charge in [-0.1, -0.05) is 23.2 Å². The lowest BCUT2D eigenvalue weighted by atomic mass is 10.2. The third-order valence-electron chi connectivity index (χ3n) is 3.35. The maximum absolute atomic E-state index is 11.9. The molecule has 0 spiro atoms. The zero-order valence-electron chi connectivity index (χ0n) is 13.2. The zero-order valence-corrected chi connectivity index (χ0v) is 14.7. The second-order valence-electron chi connectivity index (χ2n) is 5.21. The van der Waals surface area contributed by atoms with Gasteiger partial charge in [-0.15, -0.1) is 0 Å². The largest absolute Gasteiger partial charge is 0.455 e. The first-order valence-corrected chi connectivity index (χ1v) is 8.10. The quantitative estimate of drug-likeness (QED) is 0.531. The number of nitrogens with one attached hydrogen (secondary N) is 1. The fourth-order valence-corrected chi connectivity index (χ4v) is 2.46. The Labute approximate surface area is 154 Å². The minimum atomic E-state index is -0.353. The van der Waals surface area contributed by atoms with Gasteiger partial charge in [-0.2, -0.15) is 5.10 Å². The minimum Gasteiger partial charge on any atom is -0.455 e. The Morgan fingerprint density at radius 3 is 2.80 bits per heavy atom. The number of nitrogens with zero attached hydrogens (tertiary/aromatic N) is 2. The number of hydrogen-bond donors (Lipinski definition) is 1. The molecule has 2 heterocycles. The summed E-state index contributed by atoms with van der Waals surface area (Å²) in [4.78, 5) is 16.0. The molecule has 0 saturated carbocycles. The molecule has 1 N–H and O–H groups in total. The number of carbonyl (C=O) groups excluding carboxylic acids is 1. The Morgan fingerprint density at radius 1 is 1.20 bits per heavy atom. The molecule has 5 nitrogen and oxygen atoms in total. The van der Waals surface area contributed by atoms with Crippen LogP contribution in [0, 0.1) is 6.92 Å². The van der Waals surface area contributed by atoms with Crippen molar-refractivity contribution in [2.75, 3.05) is 0 Å². The van der Waals surface area contributed by atoms with Gasteiger partial charge < -0.3 is 4.42 Å². The number of halogens is 2. The normalized spacial score (nSPS) is 11.0. The van der Waals surface area contributed by atoms with Crippen molar-refractivity contribution in [2.45, 2.75) is 6.92 Å². The van der Waals surface area contributed by atoms with E-state index in [4.69, 9.17) is 27.6 Å². The van der Waals surface area contributed by atoms with Gasteiger partial charge in [0, 0.05) is 22.5 Å². The third-order valence-corrected chi connectivity index (χ3v) is 3.92. The number of aromatic nitrogens is 1. The molecule has 126 valence electrons. The summed E-state index contributed by atoms with van der Waals surface area (Å²) in [7, 11) is 0. The first kappa shape index (κ1) is 17.2. The minimum absolute atomic E-state index is 0.353. The van der Waals surface area contributed by atoms with Crippen LogP contribution >= 0.6 is 23.2 Å². The molecule has 25 heavy (non-hydrogen) atoms. The maximum Gasteiger partial charge on any atom is 0.272 e. The summed E-state index contributed by atoms with van der Waals surface area (Å²) in [5, 5.41) is 4.97. The molecule has 0 aliphatic heterocycles. The molecule has 3 rings (SSSR count). The van der Waals surface area contributed by atoms with Crippen LogP contribution in [-0.2, 0) is 0 Å². The van der Waals surface area contributed by atoms with Crippen molar-refractivity contribution in [1.29, 1.82) is 0 Å². The molecular formula is C18H13Cl2N3O2. The van der Waals surface area contributed by atoms with Gasteiger partial charge in [0.2, 0.25) is 0 Å². The van der Waals surface area contributed by atoms with Gasteiger partial charge >= 0.3 is 0 Å². The van der Waals surface area contributed by atoms with Crippen LogP contribution in [-0.4, -0.2) is 17.1 Å². The number of carbonyl (C=O) groups is 1. The van der Waals surface area contributed by atoms with E-state index in [0.29, 0.717) is 32.7 Å². The van der Waals surface area contributed by atoms with E-state index in [1.807, 2.05) is 6.92 Å². The Bertz CT molecular complexity index is 934. The lowest BCUT2D eigenvalue weighted by Crippen LogP contribution is -2.17. The standard InChI is InChI=1S/C18H13Cl2N3O2/c1-11-2-3-12(9-21-11)18(24)23-22-10-14-5-7-17(25-14)15-8-13(19)4-6-16(15)20/h2-10H,1H3,(H,23,24)/b22-10+. The predicted molar refractivity (Wildman–Crippen MR) is 98.2 cm³/mol. The molecule has 2 aromatic heterocycles. The van der Waals surface area contributed by atoms with Crippen LogP contribution in [0.2, 0.25) is 10.0 Å². The smallest absolute Gasteiger partial charge is 0.272 e. The fourth-order valence-electron chi connectivity index (χ4n) is 2.07. The SMILES string of the molecule is Cc1ccc(C(=O)N/N=C/c2ccc(-c3cc(Cl)ccc3Cl)o2)cn1. The molecule has 7 heteroatoms. The van der Waals surface area contributed by atoms with Gasteiger partial charge in [0.05, 0.1) is 16.8 Å². The Balaban J connectivity index is 1.69. The van der Waals surface area contributed by atoms with E-state index in [2.05, 4.69) is 15.5 Å². The number of furan rings is 1. The van der Waals surface area contributed by atoms with E-state index in [0.717, 1.165) is 5.69 Å². The highest BCUT2D eigenvalue weighted by Gasteiger charge is 2.09. The average Bonchev–Trinajstić information content (AvgIpc) is 3.06. The van der Waals surface area contributed by atoms with Gasteiger partial charge in [0.1, 0.15) is 11.5 Å². The first-order chi connectivity index (χ1) is 12.0. The van der Waals surface area contributed by atoms with Gasteiger partial charge in [-0.3, -0.25) is 9.78 Å². The van der Waals surface area contributed by atoms with E-state index < -0.39 is 0 Å². The van der Waals surface area contributed by atoms with Gasteiger partial charge in [0.25, 0.3) is 5.91 Å². The lowest BCUT2D eigenvalue weighted by Gasteiger charge is -2.01. The van der Waals surface area contributed by atoms with E-state index in [9.17, 15) is 4.79 Å². The number of rotatable bonds is 4. The molecular weight excluding hydrogens is 361 g/mol. The van der Waals surface area contributed by atoms with Gasteiger partial charge in [-0.05, 0) is 49.4 Å². The molecule has 0 atom stereocenters. The highest BCUT2D eigenvalue weighted by Crippen LogP contribution is 2.31. The highest BCUT2D eigenvalue weighted by atomic mass is 35.5. The van der Waals surface area contributed by atoms with Crippen molar-refractivity contribution in [3.05, 3.63) is 75.7 Å². The molecule has 3 aromatic rings. The van der Waals surface area contributed by atoms with Crippen LogP contribution < -0.4 is 5.43 Å². The Hall–Kier alpha value is -2.63. The number of benzene rings is 1. The zero-order chi connectivity index (χ0) is 17.8. The predicted octanol–water partition coefficient (Wildman–Crippen LogP) is 4.72. The Kier molecular flexibility index (Phi) is 5.16. The highest BCUT2D eigenvalue weighted by molar-refractivity contribution is 6.35. The van der Waals surface area contributed by atoms with Crippen molar-refractivity contribution >= 4 is 35.3 Å². The van der Waals surface area contributed by atoms with E-state index in [1.165, 1.54) is 12.4 Å². The summed E-state index contributed by atoms with van der Waals surface area (Å²) < 4.78 is 5.65. The first-order valence-electron chi connectivity index (χ1n) is 7.34. The van der Waals surface area contributed by atoms with E-state index in [-0.39, 0.29) is 5.91 Å². The third kappa shape index (κ3) is 4.26. The number of hydrogen-bond acceptors (Lipinski definition) is 4. The van der Waals surface area contributed by atoms with Crippen molar-refractivity contribution in [1.82, 2.24) is 10.4 Å². The summed E-state index contributed by atoms with van der Waals surface area (Å²) in [6.45, 7) is 1.85. The van der Waals surface area contributed by atoms with Gasteiger partial charge in [-0.25, -0.2) is 5.43 Å². The van der Waals surface area contributed by atoms with Crippen molar-refractivity contribution in [3.63, 3.8) is 0 Å².